The van der Waals surface area contributed by atoms with Crippen molar-refractivity contribution in [1.29, 1.82) is 0 Å². The van der Waals surface area contributed by atoms with Gasteiger partial charge in [-0.05, 0) is 36.4 Å². The van der Waals surface area contributed by atoms with Crippen molar-refractivity contribution in [1.82, 2.24) is 19.5 Å². The van der Waals surface area contributed by atoms with Crippen LogP contribution in [0.2, 0.25) is 0 Å². The van der Waals surface area contributed by atoms with E-state index in [1.54, 1.807) is 60.4 Å². The lowest BCUT2D eigenvalue weighted by atomic mass is 10.1. The molecule has 210 valence electrons. The van der Waals surface area contributed by atoms with Crippen LogP contribution in [0.15, 0.2) is 95.8 Å². The van der Waals surface area contributed by atoms with E-state index >= 15 is 0 Å². The summed E-state index contributed by atoms with van der Waals surface area (Å²) in [4.78, 5) is 40.0. The van der Waals surface area contributed by atoms with E-state index in [9.17, 15) is 14.7 Å². The fourth-order valence-electron chi connectivity index (χ4n) is 4.51. The maximum Gasteiger partial charge on any atom is 0.268 e. The van der Waals surface area contributed by atoms with Crippen LogP contribution >= 0.6 is 11.3 Å². The molecule has 0 bridgehead atoms. The van der Waals surface area contributed by atoms with E-state index in [0.29, 0.717) is 44.4 Å². The quantitative estimate of drug-likeness (QED) is 0.175. The number of Topliss-reactive ketones (excluding diaryl/α,β-unsaturated/α-hetero) is 1. The maximum atomic E-state index is 13.3. The molecule has 0 saturated carbocycles. The number of aryl methyl sites for hydroxylation is 1. The molecule has 1 amide bonds. The van der Waals surface area contributed by atoms with E-state index in [-0.39, 0.29) is 30.7 Å². The lowest BCUT2D eigenvalue weighted by Gasteiger charge is -2.15. The molecule has 0 aliphatic heterocycles. The van der Waals surface area contributed by atoms with Gasteiger partial charge in [0.1, 0.15) is 0 Å². The minimum Gasteiger partial charge on any atom is -0.440 e. The zero-order chi connectivity index (χ0) is 29.1. The van der Waals surface area contributed by atoms with Crippen LogP contribution in [-0.2, 0) is 6.54 Å². The second-order valence-corrected chi connectivity index (χ2v) is 10.6. The number of benzene rings is 2. The van der Waals surface area contributed by atoms with Gasteiger partial charge in [0.25, 0.3) is 5.91 Å². The van der Waals surface area contributed by atoms with Gasteiger partial charge in [-0.15, -0.1) is 11.3 Å². The molecule has 6 aromatic rings. The summed E-state index contributed by atoms with van der Waals surface area (Å²) >= 11 is 1.28. The Labute approximate surface area is 244 Å². The van der Waals surface area contributed by atoms with Crippen LogP contribution in [-0.4, -0.2) is 42.9 Å². The maximum absolute atomic E-state index is 13.3. The molecule has 0 unspecified atom stereocenters. The smallest absolute Gasteiger partial charge is 0.268 e. The molecule has 0 aliphatic rings. The Hall–Kier alpha value is -5.13. The average Bonchev–Trinajstić information content (AvgIpc) is 3.76. The molecule has 0 spiro atoms. The van der Waals surface area contributed by atoms with Gasteiger partial charge in [0.2, 0.25) is 5.95 Å². The van der Waals surface area contributed by atoms with Crippen molar-refractivity contribution in [2.75, 3.05) is 17.2 Å². The van der Waals surface area contributed by atoms with Crippen LogP contribution in [0.5, 0.6) is 0 Å². The summed E-state index contributed by atoms with van der Waals surface area (Å²) in [5, 5.41) is 17.1. The highest BCUT2D eigenvalue weighted by molar-refractivity contribution is 7.17. The topological polar surface area (TPSA) is 135 Å². The fourth-order valence-corrected chi connectivity index (χ4v) is 5.36. The Morgan fingerprint density at radius 3 is 2.67 bits per heavy atom. The van der Waals surface area contributed by atoms with Crippen molar-refractivity contribution in [2.45, 2.75) is 19.6 Å². The van der Waals surface area contributed by atoms with Gasteiger partial charge < -0.3 is 19.4 Å². The van der Waals surface area contributed by atoms with Crippen molar-refractivity contribution in [2.24, 2.45) is 0 Å². The van der Waals surface area contributed by atoms with Gasteiger partial charge in [-0.3, -0.25) is 19.9 Å². The molecule has 4 heterocycles. The number of aliphatic hydroxyl groups excluding tert-OH is 1. The zero-order valence-corrected chi connectivity index (χ0v) is 23.3. The number of pyridine rings is 1. The predicted octanol–water partition coefficient (Wildman–Crippen LogP) is 5.74. The molecule has 0 fully saturated rings. The third-order valence-electron chi connectivity index (χ3n) is 6.64. The Kier molecular flexibility index (Phi) is 7.58. The first-order valence-corrected chi connectivity index (χ1v) is 14.0. The molecule has 1 atom stereocenters. The lowest BCUT2D eigenvalue weighted by molar-refractivity contribution is 0.100. The van der Waals surface area contributed by atoms with E-state index in [1.807, 2.05) is 42.5 Å². The van der Waals surface area contributed by atoms with Gasteiger partial charge in [0.15, 0.2) is 17.4 Å². The van der Waals surface area contributed by atoms with Crippen LogP contribution < -0.4 is 10.6 Å². The normalized spacial score (nSPS) is 11.9. The Morgan fingerprint density at radius 2 is 1.90 bits per heavy atom. The number of ketones is 1. The number of anilines is 2. The molecule has 6 rings (SSSR count). The largest absolute Gasteiger partial charge is 0.440 e. The summed E-state index contributed by atoms with van der Waals surface area (Å²) in [5.74, 6) is 1.03. The molecule has 0 radical (unpaired) electrons. The number of oxazole rings is 1. The van der Waals surface area contributed by atoms with E-state index < -0.39 is 6.10 Å². The Bertz CT molecular complexity index is 1860. The number of aromatic nitrogens is 4. The molecule has 42 heavy (non-hydrogen) atoms. The highest BCUT2D eigenvalue weighted by Gasteiger charge is 2.20. The monoisotopic (exact) mass is 578 g/mol. The molecule has 0 aliphatic carbocycles. The molecule has 3 N–H and O–H groups in total. The number of nitrogens with zero attached hydrogens (tertiary/aromatic N) is 4. The van der Waals surface area contributed by atoms with Crippen LogP contribution in [0.3, 0.4) is 0 Å². The number of carbonyl (C=O) groups is 2. The standard InChI is InChI=1S/C31H26N6O4S/c1-19-33-17-27(41-19)28-11-12-29(42-28)30(40)36-31-35-23-14-22(34-16-25(38)20-6-3-2-4-7-20)9-10-24(23)37(31)18-26(39)21-8-5-13-32-15-21/h2-15,17,26,34,39H,16,18H2,1H3,(H,35,36,40)/t26-/m1/s1. The second-order valence-electron chi connectivity index (χ2n) is 9.56. The summed E-state index contributed by atoms with van der Waals surface area (Å²) in [6, 6.07) is 21.6. The van der Waals surface area contributed by atoms with Gasteiger partial charge in [-0.25, -0.2) is 9.97 Å². The fraction of sp³-hybridized carbons (Fsp3) is 0.129. The lowest BCUT2D eigenvalue weighted by Crippen LogP contribution is -2.17. The van der Waals surface area contributed by atoms with Gasteiger partial charge in [0, 0.05) is 36.1 Å². The van der Waals surface area contributed by atoms with Gasteiger partial charge in [-0.1, -0.05) is 36.4 Å². The van der Waals surface area contributed by atoms with E-state index in [0.717, 1.165) is 4.88 Å². The number of hydrogen-bond donors (Lipinski definition) is 3. The van der Waals surface area contributed by atoms with Crippen LogP contribution in [0.25, 0.3) is 21.7 Å². The molecule has 2 aromatic carbocycles. The van der Waals surface area contributed by atoms with Crippen molar-refractivity contribution >= 4 is 45.7 Å². The second kappa shape index (κ2) is 11.8. The van der Waals surface area contributed by atoms with Crippen molar-refractivity contribution < 1.29 is 19.1 Å². The molecule has 0 saturated heterocycles. The average molecular weight is 579 g/mol. The number of amides is 1. The van der Waals surface area contributed by atoms with Crippen molar-refractivity contribution in [3.05, 3.63) is 113 Å². The number of hydrogen-bond acceptors (Lipinski definition) is 9. The number of fused-ring (bicyclic) bond motifs is 1. The van der Waals surface area contributed by atoms with Crippen LogP contribution in [0, 0.1) is 6.92 Å². The van der Waals surface area contributed by atoms with Crippen molar-refractivity contribution in [3.8, 4) is 10.6 Å². The number of imidazole rings is 1. The number of nitrogens with one attached hydrogen (secondary N) is 2. The Morgan fingerprint density at radius 1 is 1.05 bits per heavy atom. The first-order chi connectivity index (χ1) is 20.4. The number of aliphatic hydroxyl groups is 1. The van der Waals surface area contributed by atoms with Gasteiger partial charge in [0.05, 0.1) is 46.2 Å². The zero-order valence-electron chi connectivity index (χ0n) is 22.5. The van der Waals surface area contributed by atoms with Crippen LogP contribution in [0.4, 0.5) is 11.6 Å². The molecular weight excluding hydrogens is 552 g/mol. The minimum atomic E-state index is -0.893. The molecule has 11 heteroatoms. The van der Waals surface area contributed by atoms with E-state index in [1.165, 1.54) is 11.3 Å². The highest BCUT2D eigenvalue weighted by Crippen LogP contribution is 2.30. The third-order valence-corrected chi connectivity index (χ3v) is 7.74. The molecule has 10 nitrogen and oxygen atoms in total. The number of rotatable bonds is 10. The first-order valence-electron chi connectivity index (χ1n) is 13.2. The van der Waals surface area contributed by atoms with E-state index in [4.69, 9.17) is 9.40 Å². The first kappa shape index (κ1) is 27.1. The molecular formula is C31H26N6O4S. The van der Waals surface area contributed by atoms with Gasteiger partial charge >= 0.3 is 0 Å². The van der Waals surface area contributed by atoms with Gasteiger partial charge in [-0.2, -0.15) is 0 Å². The van der Waals surface area contributed by atoms with Crippen molar-refractivity contribution in [3.63, 3.8) is 0 Å². The third kappa shape index (κ3) is 5.82. The summed E-state index contributed by atoms with van der Waals surface area (Å²) < 4.78 is 7.35. The van der Waals surface area contributed by atoms with E-state index in [2.05, 4.69) is 20.6 Å². The summed E-state index contributed by atoms with van der Waals surface area (Å²) in [7, 11) is 0. The summed E-state index contributed by atoms with van der Waals surface area (Å²) in [6.07, 6.45) is 3.98. The highest BCUT2D eigenvalue weighted by atomic mass is 32.1. The summed E-state index contributed by atoms with van der Waals surface area (Å²) in [6.45, 7) is 2.01. The number of carbonyl (C=O) groups excluding carboxylic acids is 2. The molecule has 4 aromatic heterocycles. The number of thiophene rings is 1. The predicted molar refractivity (Wildman–Crippen MR) is 161 cm³/mol. The van der Waals surface area contributed by atoms with Crippen LogP contribution in [0.1, 0.15) is 37.6 Å². The Balaban J connectivity index is 1.27. The minimum absolute atomic E-state index is 0.0374. The SMILES string of the molecule is Cc1ncc(-c2ccc(C(=O)Nc3nc4cc(NCC(=O)c5ccccc5)ccc4n3C[C@@H](O)c3cccnc3)s2)o1. The summed E-state index contributed by atoms with van der Waals surface area (Å²) in [5.41, 5.74) is 3.26.